The zero-order valence-corrected chi connectivity index (χ0v) is 13.1. The Hall–Kier alpha value is -1.42. The highest BCUT2D eigenvalue weighted by Crippen LogP contribution is 2.36. The molecule has 1 aliphatic rings. The summed E-state index contributed by atoms with van der Waals surface area (Å²) in [5, 5.41) is 2.18. The molecule has 106 valence electrons. The lowest BCUT2D eigenvalue weighted by Gasteiger charge is -2.26. The molecule has 0 atom stereocenters. The molecule has 4 rings (SSSR count). The number of hydrogen-bond acceptors (Lipinski definition) is 3. The minimum absolute atomic E-state index is 0.834. The first-order chi connectivity index (χ1) is 10.3. The van der Waals surface area contributed by atoms with E-state index < -0.39 is 0 Å². The molecule has 1 aromatic carbocycles. The van der Waals surface area contributed by atoms with E-state index in [2.05, 4.69) is 28.1 Å². The van der Waals surface area contributed by atoms with Crippen LogP contribution in [0.25, 0.3) is 10.1 Å². The van der Waals surface area contributed by atoms with Crippen molar-refractivity contribution in [3.63, 3.8) is 0 Å². The maximum Gasteiger partial charge on any atom is 0.0413 e. The molecule has 2 aromatic heterocycles. The van der Waals surface area contributed by atoms with Crippen LogP contribution in [0.15, 0.2) is 42.7 Å². The van der Waals surface area contributed by atoms with Gasteiger partial charge in [-0.15, -0.1) is 11.3 Å². The highest BCUT2D eigenvalue weighted by atomic mass is 35.5. The van der Waals surface area contributed by atoms with Crippen LogP contribution >= 0.6 is 22.9 Å². The third-order valence-electron chi connectivity index (χ3n) is 4.01. The molecule has 0 bridgehead atoms. The second kappa shape index (κ2) is 5.41. The van der Waals surface area contributed by atoms with Gasteiger partial charge < -0.3 is 0 Å². The van der Waals surface area contributed by atoms with Crippen molar-refractivity contribution in [1.29, 1.82) is 0 Å². The monoisotopic (exact) mass is 314 g/mol. The van der Waals surface area contributed by atoms with Crippen LogP contribution in [0.2, 0.25) is 5.02 Å². The van der Waals surface area contributed by atoms with Crippen molar-refractivity contribution < 1.29 is 0 Å². The fourth-order valence-electron chi connectivity index (χ4n) is 3.01. The largest absolute Gasteiger partial charge is 0.294 e. The fourth-order valence-corrected chi connectivity index (χ4v) is 4.46. The van der Waals surface area contributed by atoms with E-state index in [1.807, 2.05) is 35.9 Å². The van der Waals surface area contributed by atoms with E-state index in [0.29, 0.717) is 0 Å². The molecule has 0 saturated heterocycles. The third kappa shape index (κ3) is 2.57. The van der Waals surface area contributed by atoms with Crippen molar-refractivity contribution in [2.24, 2.45) is 0 Å². The summed E-state index contributed by atoms with van der Waals surface area (Å²) in [5.41, 5.74) is 2.78. The summed E-state index contributed by atoms with van der Waals surface area (Å²) >= 11 is 8.05. The van der Waals surface area contributed by atoms with Crippen LogP contribution in [0.1, 0.15) is 16.0 Å². The third-order valence-corrected chi connectivity index (χ3v) is 5.44. The smallest absolute Gasteiger partial charge is 0.0413 e. The molecule has 0 N–H and O–H groups in total. The van der Waals surface area contributed by atoms with Crippen molar-refractivity contribution >= 4 is 33.0 Å². The minimum atomic E-state index is 0.834. The Morgan fingerprint density at radius 3 is 3.10 bits per heavy atom. The predicted octanol–water partition coefficient (Wildman–Crippen LogP) is 4.51. The molecular weight excluding hydrogens is 300 g/mol. The van der Waals surface area contributed by atoms with Gasteiger partial charge in [0.05, 0.1) is 0 Å². The number of fused-ring (bicyclic) bond motifs is 3. The van der Waals surface area contributed by atoms with Crippen LogP contribution in [-0.2, 0) is 19.5 Å². The Morgan fingerprint density at radius 2 is 2.24 bits per heavy atom. The number of thiophene rings is 1. The lowest BCUT2D eigenvalue weighted by molar-refractivity contribution is 0.249. The van der Waals surface area contributed by atoms with Gasteiger partial charge in [-0.05, 0) is 47.2 Å². The molecule has 3 heterocycles. The van der Waals surface area contributed by atoms with Gasteiger partial charge in [-0.2, -0.15) is 0 Å². The fraction of sp³-hybridized carbons (Fsp3) is 0.235. The van der Waals surface area contributed by atoms with E-state index in [9.17, 15) is 0 Å². The summed E-state index contributed by atoms with van der Waals surface area (Å²) in [6.45, 7) is 3.10. The van der Waals surface area contributed by atoms with Gasteiger partial charge in [0.15, 0.2) is 0 Å². The number of nitrogens with zero attached hydrogens (tertiary/aromatic N) is 2. The normalized spacial score (nSPS) is 15.3. The molecule has 0 unspecified atom stereocenters. The SMILES string of the molecule is Clc1ccc2sc3c(c2c1)CCN(Cc1cccnc1)C3. The van der Waals surface area contributed by atoms with Crippen molar-refractivity contribution in [2.75, 3.05) is 6.54 Å². The van der Waals surface area contributed by atoms with E-state index in [4.69, 9.17) is 11.6 Å². The Labute approximate surface area is 133 Å². The second-order valence-corrected chi connectivity index (χ2v) is 7.04. The van der Waals surface area contributed by atoms with Crippen LogP contribution < -0.4 is 0 Å². The molecule has 1 aliphatic heterocycles. The van der Waals surface area contributed by atoms with Crippen LogP contribution in [0.4, 0.5) is 0 Å². The maximum atomic E-state index is 6.14. The summed E-state index contributed by atoms with van der Waals surface area (Å²) in [6, 6.07) is 10.4. The summed E-state index contributed by atoms with van der Waals surface area (Å²) in [7, 11) is 0. The molecule has 2 nitrogen and oxygen atoms in total. The molecule has 0 saturated carbocycles. The van der Waals surface area contributed by atoms with E-state index in [1.54, 1.807) is 0 Å². The standard InChI is InChI=1S/C17H15ClN2S/c18-13-3-4-16-15(8-13)14-5-7-20(11-17(14)21-16)10-12-2-1-6-19-9-12/h1-4,6,8-9H,5,7,10-11H2. The van der Waals surface area contributed by atoms with E-state index in [1.165, 1.54) is 26.1 Å². The van der Waals surface area contributed by atoms with Crippen molar-refractivity contribution in [1.82, 2.24) is 9.88 Å². The Bertz CT molecular complexity index is 782. The Morgan fingerprint density at radius 1 is 1.29 bits per heavy atom. The maximum absolute atomic E-state index is 6.14. The zero-order valence-electron chi connectivity index (χ0n) is 11.6. The highest BCUT2D eigenvalue weighted by molar-refractivity contribution is 7.19. The first-order valence-corrected chi connectivity index (χ1v) is 8.30. The van der Waals surface area contributed by atoms with Gasteiger partial charge in [0.2, 0.25) is 0 Å². The molecule has 4 heteroatoms. The van der Waals surface area contributed by atoms with E-state index in [0.717, 1.165) is 31.1 Å². The highest BCUT2D eigenvalue weighted by Gasteiger charge is 2.21. The van der Waals surface area contributed by atoms with Crippen LogP contribution in [0.5, 0.6) is 0 Å². The second-order valence-electron chi connectivity index (χ2n) is 5.47. The average molecular weight is 315 g/mol. The quantitative estimate of drug-likeness (QED) is 0.692. The number of halogens is 1. The predicted molar refractivity (Wildman–Crippen MR) is 88.9 cm³/mol. The van der Waals surface area contributed by atoms with Crippen LogP contribution in [0, 0.1) is 0 Å². The van der Waals surface area contributed by atoms with Gasteiger partial charge in [-0.3, -0.25) is 9.88 Å². The molecular formula is C17H15ClN2S. The van der Waals surface area contributed by atoms with Crippen molar-refractivity contribution in [3.05, 3.63) is 63.8 Å². The molecule has 0 fully saturated rings. The summed E-state index contributed by atoms with van der Waals surface area (Å²) < 4.78 is 1.35. The average Bonchev–Trinajstić information content (AvgIpc) is 2.85. The molecule has 21 heavy (non-hydrogen) atoms. The molecule has 0 radical (unpaired) electrons. The topological polar surface area (TPSA) is 16.1 Å². The lowest BCUT2D eigenvalue weighted by atomic mass is 10.0. The number of pyridine rings is 1. The van der Waals surface area contributed by atoms with Gasteiger partial charge in [0, 0.05) is 46.6 Å². The van der Waals surface area contributed by atoms with Crippen molar-refractivity contribution in [2.45, 2.75) is 19.5 Å². The first-order valence-electron chi connectivity index (χ1n) is 7.11. The van der Waals surface area contributed by atoms with Crippen LogP contribution in [0.3, 0.4) is 0 Å². The Balaban J connectivity index is 1.62. The summed E-state index contributed by atoms with van der Waals surface area (Å²) in [6.07, 6.45) is 4.89. The summed E-state index contributed by atoms with van der Waals surface area (Å²) in [4.78, 5) is 8.18. The van der Waals surface area contributed by atoms with E-state index in [-0.39, 0.29) is 0 Å². The molecule has 0 amide bonds. The number of benzene rings is 1. The molecule has 0 aliphatic carbocycles. The number of aromatic nitrogens is 1. The zero-order chi connectivity index (χ0) is 14.2. The molecule has 3 aromatic rings. The van der Waals surface area contributed by atoms with Gasteiger partial charge in [0.1, 0.15) is 0 Å². The van der Waals surface area contributed by atoms with Gasteiger partial charge in [-0.1, -0.05) is 17.7 Å². The summed E-state index contributed by atoms with van der Waals surface area (Å²) in [5.74, 6) is 0. The van der Waals surface area contributed by atoms with Gasteiger partial charge >= 0.3 is 0 Å². The van der Waals surface area contributed by atoms with E-state index >= 15 is 0 Å². The van der Waals surface area contributed by atoms with Gasteiger partial charge in [0.25, 0.3) is 0 Å². The van der Waals surface area contributed by atoms with Crippen LogP contribution in [-0.4, -0.2) is 16.4 Å². The first kappa shape index (κ1) is 13.3. The lowest BCUT2D eigenvalue weighted by Crippen LogP contribution is -2.29. The van der Waals surface area contributed by atoms with Gasteiger partial charge in [-0.25, -0.2) is 0 Å². The Kier molecular flexibility index (Phi) is 3.42. The number of rotatable bonds is 2. The van der Waals surface area contributed by atoms with Crippen molar-refractivity contribution in [3.8, 4) is 0 Å². The minimum Gasteiger partial charge on any atom is -0.294 e. The molecule has 0 spiro atoms. The number of hydrogen-bond donors (Lipinski definition) is 0.